The number of fused-ring (bicyclic) bond motifs is 1. The number of thiazole rings is 1. The Hall–Kier alpha value is -0.450. The van der Waals surface area contributed by atoms with Crippen molar-refractivity contribution in [1.29, 1.82) is 0 Å². The molecule has 1 heterocycles. The molecule has 1 atom stereocenters. The van der Waals surface area contributed by atoms with Crippen molar-refractivity contribution >= 4 is 11.3 Å². The van der Waals surface area contributed by atoms with Gasteiger partial charge < -0.3 is 10.4 Å². The monoisotopic (exact) mass is 252 g/mol. The van der Waals surface area contributed by atoms with Gasteiger partial charge in [0.1, 0.15) is 5.01 Å². The minimum Gasteiger partial charge on any atom is -0.396 e. The molecule has 94 valence electrons. The number of nitrogens with zero attached hydrogens (tertiary/aromatic N) is 1. The molecule has 0 radical (unpaired) electrons. The van der Waals surface area contributed by atoms with Crippen molar-refractivity contribution in [2.45, 2.75) is 45.1 Å². The summed E-state index contributed by atoms with van der Waals surface area (Å²) in [5, 5.41) is 14.0. The van der Waals surface area contributed by atoms with Gasteiger partial charge in [-0.05, 0) is 39.0 Å². The van der Waals surface area contributed by atoms with Crippen LogP contribution in [0.5, 0.6) is 0 Å². The molecule has 1 fully saturated rings. The van der Waals surface area contributed by atoms with Gasteiger partial charge in [-0.15, -0.1) is 11.3 Å². The van der Waals surface area contributed by atoms with Crippen LogP contribution in [0.4, 0.5) is 0 Å². The fourth-order valence-corrected chi connectivity index (χ4v) is 3.60. The highest BCUT2D eigenvalue weighted by molar-refractivity contribution is 7.11. The maximum absolute atomic E-state index is 9.28. The second-order valence-electron chi connectivity index (χ2n) is 5.54. The highest BCUT2D eigenvalue weighted by Crippen LogP contribution is 2.44. The fraction of sp³-hybridized carbons (Fsp3) is 0.769. The first-order valence-corrected chi connectivity index (χ1v) is 7.37. The molecule has 1 saturated carbocycles. The van der Waals surface area contributed by atoms with Gasteiger partial charge in [0.05, 0.1) is 11.7 Å². The molecule has 17 heavy (non-hydrogen) atoms. The quantitative estimate of drug-likeness (QED) is 0.843. The molecule has 0 spiro atoms. The predicted molar refractivity (Wildman–Crippen MR) is 69.3 cm³/mol. The highest BCUT2D eigenvalue weighted by atomic mass is 32.1. The normalized spacial score (nSPS) is 22.5. The van der Waals surface area contributed by atoms with E-state index in [0.717, 1.165) is 19.4 Å². The fourth-order valence-electron chi connectivity index (χ4n) is 2.42. The molecule has 2 aliphatic carbocycles. The van der Waals surface area contributed by atoms with Gasteiger partial charge in [-0.1, -0.05) is 0 Å². The molecule has 1 unspecified atom stereocenters. The first-order chi connectivity index (χ1) is 8.22. The number of aryl methyl sites for hydroxylation is 2. The lowest BCUT2D eigenvalue weighted by atomic mass is 10.1. The van der Waals surface area contributed by atoms with Crippen LogP contribution in [0.25, 0.3) is 0 Å². The number of aliphatic hydroxyl groups is 1. The average Bonchev–Trinajstić information content (AvgIpc) is 2.78. The van der Waals surface area contributed by atoms with E-state index in [9.17, 15) is 5.11 Å². The van der Waals surface area contributed by atoms with E-state index in [0.29, 0.717) is 12.6 Å². The van der Waals surface area contributed by atoms with E-state index in [-0.39, 0.29) is 5.41 Å². The van der Waals surface area contributed by atoms with Gasteiger partial charge in [0.15, 0.2) is 0 Å². The smallest absolute Gasteiger partial charge is 0.110 e. The van der Waals surface area contributed by atoms with Crippen molar-refractivity contribution < 1.29 is 5.11 Å². The van der Waals surface area contributed by atoms with Crippen LogP contribution < -0.4 is 5.32 Å². The van der Waals surface area contributed by atoms with Crippen molar-refractivity contribution in [2.24, 2.45) is 5.41 Å². The van der Waals surface area contributed by atoms with Gasteiger partial charge in [0.25, 0.3) is 0 Å². The first kappa shape index (κ1) is 11.6. The average molecular weight is 252 g/mol. The molecule has 3 nitrogen and oxygen atoms in total. The van der Waals surface area contributed by atoms with E-state index in [1.165, 1.54) is 34.8 Å². The number of rotatable bonds is 5. The molecule has 2 aliphatic rings. The van der Waals surface area contributed by atoms with Crippen LogP contribution >= 0.6 is 11.3 Å². The minimum absolute atomic E-state index is 0.189. The molecular formula is C13H20N2OS. The molecule has 1 aromatic heterocycles. The topological polar surface area (TPSA) is 45.1 Å². The van der Waals surface area contributed by atoms with Crippen LogP contribution in [0.15, 0.2) is 0 Å². The summed E-state index contributed by atoms with van der Waals surface area (Å²) in [4.78, 5) is 6.23. The van der Waals surface area contributed by atoms with Crippen molar-refractivity contribution in [2.75, 3.05) is 13.2 Å². The Morgan fingerprint density at radius 2 is 2.29 bits per heavy atom. The zero-order valence-electron chi connectivity index (χ0n) is 10.3. The molecule has 4 heteroatoms. The van der Waals surface area contributed by atoms with Crippen molar-refractivity contribution in [3.8, 4) is 0 Å². The van der Waals surface area contributed by atoms with Gasteiger partial charge in [0, 0.05) is 23.4 Å². The summed E-state index contributed by atoms with van der Waals surface area (Å²) < 4.78 is 0. The standard InChI is InChI=1S/C13H20N2OS/c1-9(14-7-13(8-16)5-6-13)12-15-10-3-2-4-11(10)17-12/h9,14,16H,2-8H2,1H3. The van der Waals surface area contributed by atoms with Crippen LogP contribution in [0, 0.1) is 5.41 Å². The lowest BCUT2D eigenvalue weighted by Crippen LogP contribution is -2.28. The van der Waals surface area contributed by atoms with Crippen LogP contribution in [0.2, 0.25) is 0 Å². The summed E-state index contributed by atoms with van der Waals surface area (Å²) in [6.45, 7) is 3.43. The van der Waals surface area contributed by atoms with Crippen LogP contribution in [-0.2, 0) is 12.8 Å². The molecule has 0 bridgehead atoms. The summed E-state index contributed by atoms with van der Waals surface area (Å²) in [6.07, 6.45) is 6.00. The number of hydrogen-bond acceptors (Lipinski definition) is 4. The number of aromatic nitrogens is 1. The maximum Gasteiger partial charge on any atom is 0.110 e. The Kier molecular flexibility index (Phi) is 2.97. The molecule has 3 rings (SSSR count). The number of aliphatic hydroxyl groups excluding tert-OH is 1. The van der Waals surface area contributed by atoms with Gasteiger partial charge in [0.2, 0.25) is 0 Å². The number of nitrogens with one attached hydrogen (secondary N) is 1. The third kappa shape index (κ3) is 2.26. The van der Waals surface area contributed by atoms with Crippen molar-refractivity contribution in [1.82, 2.24) is 10.3 Å². The summed E-state index contributed by atoms with van der Waals surface area (Å²) >= 11 is 1.87. The summed E-state index contributed by atoms with van der Waals surface area (Å²) in [6, 6.07) is 0.328. The summed E-state index contributed by atoms with van der Waals surface area (Å²) in [7, 11) is 0. The lowest BCUT2D eigenvalue weighted by Gasteiger charge is -2.16. The third-order valence-electron chi connectivity index (χ3n) is 4.06. The van der Waals surface area contributed by atoms with Crippen LogP contribution in [-0.4, -0.2) is 23.2 Å². The van der Waals surface area contributed by atoms with E-state index in [2.05, 4.69) is 12.2 Å². The molecule has 0 saturated heterocycles. The molecular weight excluding hydrogens is 232 g/mol. The molecule has 0 aliphatic heterocycles. The van der Waals surface area contributed by atoms with E-state index < -0.39 is 0 Å². The molecule has 1 aromatic rings. The van der Waals surface area contributed by atoms with Crippen molar-refractivity contribution in [3.63, 3.8) is 0 Å². The van der Waals surface area contributed by atoms with Crippen molar-refractivity contribution in [3.05, 3.63) is 15.6 Å². The van der Waals surface area contributed by atoms with Gasteiger partial charge >= 0.3 is 0 Å². The SMILES string of the molecule is CC(NCC1(CO)CC1)c1nc2c(s1)CCC2. The van der Waals surface area contributed by atoms with Gasteiger partial charge in [-0.3, -0.25) is 0 Å². The second kappa shape index (κ2) is 4.34. The third-order valence-corrected chi connectivity index (χ3v) is 5.40. The highest BCUT2D eigenvalue weighted by Gasteiger charge is 2.41. The van der Waals surface area contributed by atoms with Crippen LogP contribution in [0.3, 0.4) is 0 Å². The summed E-state index contributed by atoms with van der Waals surface area (Å²) in [5.41, 5.74) is 1.52. The van der Waals surface area contributed by atoms with E-state index in [4.69, 9.17) is 4.98 Å². The Morgan fingerprint density at radius 1 is 1.47 bits per heavy atom. The predicted octanol–water partition coefficient (Wildman–Crippen LogP) is 2.05. The zero-order valence-corrected chi connectivity index (χ0v) is 11.1. The Morgan fingerprint density at radius 3 is 2.94 bits per heavy atom. The molecule has 0 aromatic carbocycles. The maximum atomic E-state index is 9.28. The van der Waals surface area contributed by atoms with E-state index >= 15 is 0 Å². The van der Waals surface area contributed by atoms with Gasteiger partial charge in [-0.2, -0.15) is 0 Å². The number of hydrogen-bond donors (Lipinski definition) is 2. The van der Waals surface area contributed by atoms with E-state index in [1.54, 1.807) is 0 Å². The Bertz CT molecular complexity index is 390. The minimum atomic E-state index is 0.189. The lowest BCUT2D eigenvalue weighted by molar-refractivity contribution is 0.204. The molecule has 0 amide bonds. The Labute approximate surface area is 106 Å². The molecule has 2 N–H and O–H groups in total. The second-order valence-corrected chi connectivity index (χ2v) is 6.65. The Balaban J connectivity index is 1.59. The largest absolute Gasteiger partial charge is 0.396 e. The van der Waals surface area contributed by atoms with E-state index in [1.807, 2.05) is 11.3 Å². The van der Waals surface area contributed by atoms with Crippen LogP contribution in [0.1, 0.15) is 47.8 Å². The summed E-state index contributed by atoms with van der Waals surface area (Å²) in [5.74, 6) is 0. The van der Waals surface area contributed by atoms with Gasteiger partial charge in [-0.25, -0.2) is 4.98 Å². The first-order valence-electron chi connectivity index (χ1n) is 6.55. The zero-order chi connectivity index (χ0) is 11.9.